The molecule has 208 valence electrons. The molecule has 0 saturated heterocycles. The molecule has 0 fully saturated rings. The fourth-order valence-electron chi connectivity index (χ4n) is 4.71. The summed E-state index contributed by atoms with van der Waals surface area (Å²) in [4.78, 5) is 31.3. The highest BCUT2D eigenvalue weighted by atomic mass is 16.5. The topological polar surface area (TPSA) is 159 Å². The van der Waals surface area contributed by atoms with E-state index in [0.717, 1.165) is 0 Å². The Labute approximate surface area is 232 Å². The number of ketones is 1. The van der Waals surface area contributed by atoms with Crippen molar-refractivity contribution in [2.45, 2.75) is 49.3 Å². The van der Waals surface area contributed by atoms with Crippen LogP contribution in [-0.4, -0.2) is 76.2 Å². The number of nitrogens with zero attached hydrogens (tertiary/aromatic N) is 4. The van der Waals surface area contributed by atoms with Crippen LogP contribution in [-0.2, 0) is 35.4 Å². The van der Waals surface area contributed by atoms with Crippen LogP contribution in [0.2, 0.25) is 0 Å². The smallest absolute Gasteiger partial charge is 0.199 e. The summed E-state index contributed by atoms with van der Waals surface area (Å²) in [5.74, 6) is -0.875. The zero-order valence-electron chi connectivity index (χ0n) is 21.8. The highest BCUT2D eigenvalue weighted by Crippen LogP contribution is 2.34. The normalized spacial score (nSPS) is 14.7. The third kappa shape index (κ3) is 6.98. The minimum absolute atomic E-state index is 0.0217. The lowest BCUT2D eigenvalue weighted by molar-refractivity contribution is -0.188. The van der Waals surface area contributed by atoms with Crippen molar-refractivity contribution >= 4 is 5.78 Å². The summed E-state index contributed by atoms with van der Waals surface area (Å²) in [6, 6.07) is 13.8. The summed E-state index contributed by atoms with van der Waals surface area (Å²) in [5, 5.41) is 43.3. The van der Waals surface area contributed by atoms with Crippen molar-refractivity contribution in [3.05, 3.63) is 120 Å². The van der Waals surface area contributed by atoms with Crippen molar-refractivity contribution in [2.24, 2.45) is 0 Å². The van der Waals surface area contributed by atoms with Gasteiger partial charge in [-0.25, -0.2) is 0 Å². The molecule has 10 nitrogen and oxygen atoms in total. The molecular formula is C30H32N4O6. The van der Waals surface area contributed by atoms with Gasteiger partial charge >= 0.3 is 0 Å². The maximum atomic E-state index is 14.8. The first-order chi connectivity index (χ1) is 19.4. The van der Waals surface area contributed by atoms with Crippen LogP contribution in [0.1, 0.15) is 22.3 Å². The van der Waals surface area contributed by atoms with Gasteiger partial charge in [0.15, 0.2) is 11.4 Å². The third-order valence-electron chi connectivity index (χ3n) is 6.71. The number of ether oxygens (including phenoxy) is 1. The van der Waals surface area contributed by atoms with E-state index in [9.17, 15) is 25.2 Å². The highest BCUT2D eigenvalue weighted by molar-refractivity contribution is 5.96. The molecule has 10 heteroatoms. The Bertz CT molecular complexity index is 1290. The Kier molecular flexibility index (Phi) is 9.75. The van der Waals surface area contributed by atoms with Gasteiger partial charge in [-0.15, -0.1) is 0 Å². The standard InChI is InChI=1S/C30H32N4O6/c35-20-26(36)27(37)30(39,15-24-7-3-11-33-18-24)28(38)29(13-22-5-1-9-31-16-22,14-23-6-2-10-32-17-23)40-21-25-8-4-12-34-19-25/h1-12,16-19,26-27,35-37,39H,13-15,20-21H2/t26-,27-,30+/m1/s1. The van der Waals surface area contributed by atoms with Crippen molar-refractivity contribution in [2.75, 3.05) is 6.61 Å². The van der Waals surface area contributed by atoms with Crippen LogP contribution in [0.4, 0.5) is 0 Å². The van der Waals surface area contributed by atoms with Crippen molar-refractivity contribution in [3.8, 4) is 0 Å². The lowest BCUT2D eigenvalue weighted by atomic mass is 9.72. The average molecular weight is 545 g/mol. The first-order valence-corrected chi connectivity index (χ1v) is 12.8. The molecule has 0 saturated carbocycles. The molecule has 4 N–H and O–H groups in total. The quantitative estimate of drug-likeness (QED) is 0.182. The molecule has 4 aromatic heterocycles. The number of aliphatic hydroxyl groups excluding tert-OH is 3. The number of Topliss-reactive ketones (excluding diaryl/α,β-unsaturated/α-hetero) is 1. The van der Waals surface area contributed by atoms with Crippen molar-refractivity contribution in [1.82, 2.24) is 19.9 Å². The van der Waals surface area contributed by atoms with E-state index < -0.39 is 42.2 Å². The molecule has 0 aromatic carbocycles. The SMILES string of the molecule is O=C(C(Cc1cccnc1)(Cc1cccnc1)OCc1cccnc1)[C@](O)(Cc1cccnc1)[C@H](O)[C@H](O)CO. The number of hydrogen-bond donors (Lipinski definition) is 4. The predicted molar refractivity (Wildman–Crippen MR) is 145 cm³/mol. The summed E-state index contributed by atoms with van der Waals surface area (Å²) in [5.41, 5.74) is -1.94. The molecule has 4 aromatic rings. The van der Waals surface area contributed by atoms with Gasteiger partial charge in [-0.2, -0.15) is 0 Å². The molecule has 0 bridgehead atoms. The maximum Gasteiger partial charge on any atom is 0.199 e. The molecule has 4 rings (SSSR count). The minimum atomic E-state index is -2.58. The number of hydrogen-bond acceptors (Lipinski definition) is 10. The number of pyridine rings is 4. The Hall–Kier alpha value is -3.93. The van der Waals surface area contributed by atoms with Gasteiger partial charge in [-0.1, -0.05) is 24.3 Å². The molecule has 40 heavy (non-hydrogen) atoms. The van der Waals surface area contributed by atoms with Crippen molar-refractivity contribution in [1.29, 1.82) is 0 Å². The van der Waals surface area contributed by atoms with Gasteiger partial charge in [-0.05, 0) is 46.5 Å². The van der Waals surface area contributed by atoms with Crippen LogP contribution in [0.25, 0.3) is 0 Å². The van der Waals surface area contributed by atoms with Crippen molar-refractivity contribution in [3.63, 3.8) is 0 Å². The zero-order valence-corrected chi connectivity index (χ0v) is 21.8. The Balaban J connectivity index is 1.86. The largest absolute Gasteiger partial charge is 0.394 e. The molecule has 0 amide bonds. The van der Waals surface area contributed by atoms with E-state index >= 15 is 0 Å². The van der Waals surface area contributed by atoms with Crippen LogP contribution in [0.3, 0.4) is 0 Å². The fourth-order valence-corrected chi connectivity index (χ4v) is 4.71. The number of carbonyl (C=O) groups is 1. The number of aliphatic hydroxyl groups is 4. The van der Waals surface area contributed by atoms with Gasteiger partial charge in [0.05, 0.1) is 13.2 Å². The lowest BCUT2D eigenvalue weighted by Crippen LogP contribution is -2.65. The molecule has 0 aliphatic heterocycles. The molecule has 0 aliphatic rings. The molecule has 0 radical (unpaired) electrons. The van der Waals surface area contributed by atoms with E-state index in [1.165, 1.54) is 12.4 Å². The van der Waals surface area contributed by atoms with E-state index in [1.54, 1.807) is 85.7 Å². The van der Waals surface area contributed by atoms with Gasteiger partial charge in [0.25, 0.3) is 0 Å². The van der Waals surface area contributed by atoms with Gasteiger partial charge < -0.3 is 25.2 Å². The van der Waals surface area contributed by atoms with Crippen LogP contribution < -0.4 is 0 Å². The molecule has 0 aliphatic carbocycles. The molecule has 0 unspecified atom stereocenters. The lowest BCUT2D eigenvalue weighted by Gasteiger charge is -2.42. The predicted octanol–water partition coefficient (Wildman–Crippen LogP) is 1.26. The summed E-state index contributed by atoms with van der Waals surface area (Å²) < 4.78 is 6.46. The van der Waals surface area contributed by atoms with Crippen LogP contribution in [0.15, 0.2) is 98.1 Å². The van der Waals surface area contributed by atoms with Gasteiger partial charge in [0.2, 0.25) is 0 Å². The van der Waals surface area contributed by atoms with E-state index in [4.69, 9.17) is 4.74 Å². The maximum absolute atomic E-state index is 14.8. The summed E-state index contributed by atoms with van der Waals surface area (Å²) in [7, 11) is 0. The Morgan fingerprint density at radius 1 is 0.725 bits per heavy atom. The van der Waals surface area contributed by atoms with Crippen LogP contribution in [0, 0.1) is 0 Å². The summed E-state index contributed by atoms with van der Waals surface area (Å²) >= 11 is 0. The minimum Gasteiger partial charge on any atom is -0.394 e. The Morgan fingerprint density at radius 3 is 1.55 bits per heavy atom. The Morgan fingerprint density at radius 2 is 1.15 bits per heavy atom. The van der Waals surface area contributed by atoms with Crippen molar-refractivity contribution < 1.29 is 30.0 Å². The van der Waals surface area contributed by atoms with Crippen LogP contribution >= 0.6 is 0 Å². The molecule has 0 spiro atoms. The average Bonchev–Trinajstić information content (AvgIpc) is 3.00. The summed E-state index contributed by atoms with van der Waals surface area (Å²) in [6.45, 7) is -0.916. The molecular weight excluding hydrogens is 512 g/mol. The van der Waals surface area contributed by atoms with Crippen LogP contribution in [0.5, 0.6) is 0 Å². The number of carbonyl (C=O) groups excluding carboxylic acids is 1. The second-order valence-corrected chi connectivity index (χ2v) is 9.71. The van der Waals surface area contributed by atoms with Gasteiger partial charge in [-0.3, -0.25) is 24.7 Å². The zero-order chi connectivity index (χ0) is 28.4. The second kappa shape index (κ2) is 13.4. The molecule has 3 atom stereocenters. The second-order valence-electron chi connectivity index (χ2n) is 9.71. The van der Waals surface area contributed by atoms with Gasteiger partial charge in [0.1, 0.15) is 17.8 Å². The van der Waals surface area contributed by atoms with Gasteiger partial charge in [0, 0.05) is 68.8 Å². The fraction of sp³-hybridized carbons (Fsp3) is 0.300. The monoisotopic (exact) mass is 544 g/mol. The van der Waals surface area contributed by atoms with E-state index in [2.05, 4.69) is 19.9 Å². The summed E-state index contributed by atoms with van der Waals surface area (Å²) in [6.07, 6.45) is 8.32. The third-order valence-corrected chi connectivity index (χ3v) is 6.71. The van der Waals surface area contributed by atoms with E-state index in [-0.39, 0.29) is 19.4 Å². The number of aromatic nitrogens is 4. The van der Waals surface area contributed by atoms with E-state index in [0.29, 0.717) is 22.3 Å². The van der Waals surface area contributed by atoms with E-state index in [1.807, 2.05) is 0 Å². The first kappa shape index (κ1) is 29.1. The highest BCUT2D eigenvalue weighted by Gasteiger charge is 2.55. The number of rotatable bonds is 14. The molecule has 4 heterocycles. The first-order valence-electron chi connectivity index (χ1n) is 12.8.